The predicted octanol–water partition coefficient (Wildman–Crippen LogP) is 2.47. The Hall–Kier alpha value is -3.21. The third kappa shape index (κ3) is 6.13. The van der Waals surface area contributed by atoms with E-state index in [1.165, 1.54) is 35.2 Å². The van der Waals surface area contributed by atoms with Gasteiger partial charge in [-0.25, -0.2) is 13.2 Å². The number of benzene rings is 2. The maximum Gasteiger partial charge on any atom is 0.331 e. The Balaban J connectivity index is 1.36. The van der Waals surface area contributed by atoms with Crippen molar-refractivity contribution in [2.45, 2.75) is 30.2 Å². The Morgan fingerprint density at radius 1 is 1.17 bits per heavy atom. The summed E-state index contributed by atoms with van der Waals surface area (Å²) in [6.07, 6.45) is 5.41. The van der Waals surface area contributed by atoms with Crippen LogP contribution in [-0.4, -0.2) is 64.6 Å². The van der Waals surface area contributed by atoms with Gasteiger partial charge in [0.15, 0.2) is 6.61 Å². The van der Waals surface area contributed by atoms with Gasteiger partial charge in [-0.1, -0.05) is 30.3 Å². The van der Waals surface area contributed by atoms with Crippen LogP contribution in [0.3, 0.4) is 0 Å². The molecule has 1 unspecified atom stereocenters. The van der Waals surface area contributed by atoms with Crippen LogP contribution >= 0.6 is 0 Å². The van der Waals surface area contributed by atoms with Gasteiger partial charge in [0.1, 0.15) is 10.6 Å². The van der Waals surface area contributed by atoms with Gasteiger partial charge in [-0.3, -0.25) is 4.79 Å². The number of nitrogens with one attached hydrogen (secondary N) is 1. The van der Waals surface area contributed by atoms with Crippen LogP contribution in [0, 0.1) is 0 Å². The molecule has 0 spiro atoms. The molecule has 1 saturated heterocycles. The highest BCUT2D eigenvalue weighted by atomic mass is 32.2. The van der Waals surface area contributed by atoms with E-state index in [9.17, 15) is 18.0 Å². The van der Waals surface area contributed by atoms with E-state index >= 15 is 0 Å². The number of nitrogens with zero attached hydrogens (tertiary/aromatic N) is 1. The van der Waals surface area contributed by atoms with Crippen LogP contribution in [0.25, 0.3) is 6.08 Å². The van der Waals surface area contributed by atoms with Crippen molar-refractivity contribution in [2.75, 3.05) is 40.0 Å². The molecule has 1 heterocycles. The van der Waals surface area contributed by atoms with Crippen molar-refractivity contribution in [3.63, 3.8) is 0 Å². The lowest BCUT2D eigenvalue weighted by atomic mass is 9.88. The van der Waals surface area contributed by atoms with Crippen LogP contribution in [0.4, 0.5) is 0 Å². The second-order valence-corrected chi connectivity index (χ2v) is 10.5. The quantitative estimate of drug-likeness (QED) is 0.426. The second-order valence-electron chi connectivity index (χ2n) is 8.58. The highest BCUT2D eigenvalue weighted by Gasteiger charge is 2.29. The highest BCUT2D eigenvalue weighted by molar-refractivity contribution is 7.89. The van der Waals surface area contributed by atoms with Crippen LogP contribution in [0.15, 0.2) is 53.4 Å². The smallest absolute Gasteiger partial charge is 0.331 e. The number of carbonyl (C=O) groups excluding carboxylic acids is 2. The van der Waals surface area contributed by atoms with Gasteiger partial charge in [0, 0.05) is 19.2 Å². The Bertz CT molecular complexity index is 1240. The number of rotatable bonds is 8. The van der Waals surface area contributed by atoms with Gasteiger partial charge < -0.3 is 19.5 Å². The molecule has 2 aromatic rings. The first-order chi connectivity index (χ1) is 17.4. The van der Waals surface area contributed by atoms with E-state index < -0.39 is 22.6 Å². The predicted molar refractivity (Wildman–Crippen MR) is 133 cm³/mol. The number of methoxy groups -OCH3 is 1. The maximum absolute atomic E-state index is 13.1. The molecular weight excluding hydrogens is 484 g/mol. The summed E-state index contributed by atoms with van der Waals surface area (Å²) in [5.41, 5.74) is 2.80. The zero-order valence-electron chi connectivity index (χ0n) is 20.1. The summed E-state index contributed by atoms with van der Waals surface area (Å²) in [4.78, 5) is 24.6. The number of morpholine rings is 1. The van der Waals surface area contributed by atoms with Crippen molar-refractivity contribution in [1.82, 2.24) is 9.62 Å². The minimum absolute atomic E-state index is 0.00885. The normalized spacial score (nSPS) is 18.4. The summed E-state index contributed by atoms with van der Waals surface area (Å²) in [5.74, 6) is -0.869. The monoisotopic (exact) mass is 514 g/mol. The molecule has 10 heteroatoms. The molecule has 1 atom stereocenters. The summed E-state index contributed by atoms with van der Waals surface area (Å²) in [7, 11) is -2.40. The standard InChI is InChI=1S/C26H30N2O7S/c1-33-23-11-9-19(17-24(23)36(31,32)28-13-15-34-16-14-28)10-12-26(30)35-18-25(29)27-22-8-4-6-20-5-2-3-7-21(20)22/h2-3,5,7,9-12,17,22H,4,6,8,13-16,18H2,1H3,(H,27,29)/b12-10+. The molecule has 4 rings (SSSR count). The molecule has 1 N–H and O–H groups in total. The molecule has 1 aliphatic carbocycles. The van der Waals surface area contributed by atoms with Crippen molar-refractivity contribution in [2.24, 2.45) is 0 Å². The van der Waals surface area contributed by atoms with Crippen LogP contribution < -0.4 is 10.1 Å². The third-order valence-electron chi connectivity index (χ3n) is 6.24. The number of hydrogen-bond acceptors (Lipinski definition) is 7. The van der Waals surface area contributed by atoms with Crippen LogP contribution in [0.2, 0.25) is 0 Å². The molecule has 0 radical (unpaired) electrons. The molecule has 1 fully saturated rings. The SMILES string of the molecule is COc1ccc(/C=C/C(=O)OCC(=O)NC2CCCc3ccccc32)cc1S(=O)(=O)N1CCOCC1. The van der Waals surface area contributed by atoms with Gasteiger partial charge >= 0.3 is 5.97 Å². The molecule has 1 aliphatic heterocycles. The molecule has 0 saturated carbocycles. The Labute approximate surface area is 211 Å². The van der Waals surface area contributed by atoms with Crippen LogP contribution in [0.5, 0.6) is 5.75 Å². The fourth-order valence-electron chi connectivity index (χ4n) is 4.41. The number of ether oxygens (including phenoxy) is 3. The van der Waals surface area contributed by atoms with Crippen LogP contribution in [0.1, 0.15) is 35.6 Å². The number of esters is 1. The van der Waals surface area contributed by atoms with E-state index in [0.717, 1.165) is 30.9 Å². The van der Waals surface area contributed by atoms with Crippen molar-refractivity contribution in [3.8, 4) is 5.75 Å². The van der Waals surface area contributed by atoms with Gasteiger partial charge in [-0.05, 0) is 54.2 Å². The fourth-order valence-corrected chi connectivity index (χ4v) is 6.01. The van der Waals surface area contributed by atoms with Gasteiger partial charge in [-0.2, -0.15) is 4.31 Å². The summed E-state index contributed by atoms with van der Waals surface area (Å²) in [5, 5.41) is 2.94. The van der Waals surface area contributed by atoms with E-state index in [1.807, 2.05) is 18.2 Å². The van der Waals surface area contributed by atoms with Gasteiger partial charge in [0.2, 0.25) is 10.0 Å². The van der Waals surface area contributed by atoms with E-state index in [0.29, 0.717) is 18.8 Å². The molecule has 2 aromatic carbocycles. The van der Waals surface area contributed by atoms with E-state index in [-0.39, 0.29) is 35.7 Å². The second kappa shape index (κ2) is 11.7. The van der Waals surface area contributed by atoms with E-state index in [1.54, 1.807) is 6.07 Å². The van der Waals surface area contributed by atoms with Crippen molar-refractivity contribution in [3.05, 3.63) is 65.2 Å². The number of hydrogen-bond donors (Lipinski definition) is 1. The van der Waals surface area contributed by atoms with Gasteiger partial charge in [0.25, 0.3) is 5.91 Å². The van der Waals surface area contributed by atoms with E-state index in [2.05, 4.69) is 11.4 Å². The lowest BCUT2D eigenvalue weighted by Gasteiger charge is -2.26. The Kier molecular flexibility index (Phi) is 8.40. The van der Waals surface area contributed by atoms with Gasteiger partial charge in [-0.15, -0.1) is 0 Å². The molecule has 36 heavy (non-hydrogen) atoms. The number of amides is 1. The Morgan fingerprint density at radius 2 is 1.94 bits per heavy atom. The van der Waals surface area contributed by atoms with Gasteiger partial charge in [0.05, 0.1) is 26.4 Å². The highest BCUT2D eigenvalue weighted by Crippen LogP contribution is 2.30. The third-order valence-corrected chi connectivity index (χ3v) is 8.16. The number of carbonyl (C=O) groups is 2. The lowest BCUT2D eigenvalue weighted by Crippen LogP contribution is -2.40. The van der Waals surface area contributed by atoms with Crippen LogP contribution in [-0.2, 0) is 35.5 Å². The molecule has 2 aliphatic rings. The molecule has 192 valence electrons. The summed E-state index contributed by atoms with van der Waals surface area (Å²) in [6, 6.07) is 12.5. The average Bonchev–Trinajstić information content (AvgIpc) is 2.91. The zero-order valence-corrected chi connectivity index (χ0v) is 21.0. The first kappa shape index (κ1) is 25.9. The lowest BCUT2D eigenvalue weighted by molar-refractivity contribution is -0.144. The largest absolute Gasteiger partial charge is 0.495 e. The summed E-state index contributed by atoms with van der Waals surface area (Å²) < 4.78 is 43.1. The Morgan fingerprint density at radius 3 is 2.72 bits per heavy atom. The molecule has 0 aromatic heterocycles. The molecule has 1 amide bonds. The fraction of sp³-hybridized carbons (Fsp3) is 0.385. The average molecular weight is 515 g/mol. The molecule has 9 nitrogen and oxygen atoms in total. The number of sulfonamides is 1. The van der Waals surface area contributed by atoms with Crippen molar-refractivity contribution in [1.29, 1.82) is 0 Å². The number of fused-ring (bicyclic) bond motifs is 1. The van der Waals surface area contributed by atoms with Crippen molar-refractivity contribution < 1.29 is 32.2 Å². The first-order valence-electron chi connectivity index (χ1n) is 11.9. The first-order valence-corrected chi connectivity index (χ1v) is 13.3. The molecular formula is C26H30N2O7S. The summed E-state index contributed by atoms with van der Waals surface area (Å²) >= 11 is 0. The number of aryl methyl sites for hydroxylation is 1. The molecule has 0 bridgehead atoms. The minimum atomic E-state index is -3.80. The minimum Gasteiger partial charge on any atom is -0.495 e. The zero-order chi connectivity index (χ0) is 25.5. The van der Waals surface area contributed by atoms with Crippen molar-refractivity contribution >= 4 is 28.0 Å². The summed E-state index contributed by atoms with van der Waals surface area (Å²) in [6.45, 7) is 0.765. The van der Waals surface area contributed by atoms with E-state index in [4.69, 9.17) is 14.2 Å². The topological polar surface area (TPSA) is 111 Å². The maximum atomic E-state index is 13.1.